The van der Waals surface area contributed by atoms with Gasteiger partial charge in [0.1, 0.15) is 5.51 Å². The van der Waals surface area contributed by atoms with Crippen LogP contribution in [0.5, 0.6) is 0 Å². The lowest BCUT2D eigenvalue weighted by Gasteiger charge is -2.45. The lowest BCUT2D eigenvalue weighted by atomic mass is 9.80. The number of hydrogen-bond donors (Lipinski definition) is 1. The molecule has 0 radical (unpaired) electrons. The Hall–Kier alpha value is -2.55. The zero-order valence-corrected chi connectivity index (χ0v) is 14.2. The summed E-state index contributed by atoms with van der Waals surface area (Å²) >= 11 is 1.28. The number of fused-ring (bicyclic) bond motifs is 3. The number of rotatable bonds is 3. The van der Waals surface area contributed by atoms with Crippen molar-refractivity contribution in [3.05, 3.63) is 39.4 Å². The molecule has 2 aliphatic rings. The first kappa shape index (κ1) is 15.9. The minimum absolute atomic E-state index is 0.0671. The van der Waals surface area contributed by atoms with Gasteiger partial charge in [0.05, 0.1) is 10.8 Å². The minimum atomic E-state index is -0.390. The molecule has 0 aliphatic carbocycles. The number of carbonyl (C=O) groups excluding carboxylic acids is 1. The fraction of sp³-hybridized carbons (Fsp3) is 0.438. The van der Waals surface area contributed by atoms with Crippen LogP contribution in [-0.4, -0.2) is 33.6 Å². The van der Waals surface area contributed by atoms with Crippen LogP contribution in [-0.2, 0) is 11.2 Å². The quantitative estimate of drug-likeness (QED) is 0.668. The van der Waals surface area contributed by atoms with Crippen LogP contribution in [0, 0.1) is 16.0 Å². The molecule has 1 N–H and O–H groups in total. The molecule has 4 rings (SSSR count). The van der Waals surface area contributed by atoms with Crippen molar-refractivity contribution in [2.45, 2.75) is 31.7 Å². The average molecular weight is 359 g/mol. The number of nitro groups is 1. The number of nitrogens with zero attached hydrogens (tertiary/aromatic N) is 4. The normalized spacial score (nSPS) is 22.0. The van der Waals surface area contributed by atoms with E-state index in [1.165, 1.54) is 11.3 Å². The highest BCUT2D eigenvalue weighted by molar-refractivity contribution is 7.13. The summed E-state index contributed by atoms with van der Waals surface area (Å²) in [6.45, 7) is 0.873. The van der Waals surface area contributed by atoms with E-state index in [0.717, 1.165) is 37.1 Å². The van der Waals surface area contributed by atoms with Gasteiger partial charge < -0.3 is 10.2 Å². The van der Waals surface area contributed by atoms with Crippen LogP contribution in [0.25, 0.3) is 0 Å². The van der Waals surface area contributed by atoms with Crippen molar-refractivity contribution in [2.24, 2.45) is 5.92 Å². The van der Waals surface area contributed by atoms with Crippen LogP contribution in [0.3, 0.4) is 0 Å². The van der Waals surface area contributed by atoms with Gasteiger partial charge in [-0.1, -0.05) is 11.3 Å². The van der Waals surface area contributed by atoms with Gasteiger partial charge in [-0.3, -0.25) is 14.9 Å². The molecule has 25 heavy (non-hydrogen) atoms. The lowest BCUT2D eigenvalue weighted by molar-refractivity contribution is -0.384. The third-order valence-electron chi connectivity index (χ3n) is 4.96. The molecule has 8 nitrogen and oxygen atoms in total. The monoisotopic (exact) mass is 359 g/mol. The maximum absolute atomic E-state index is 12.8. The standard InChI is InChI=1S/C16H17N5O3S/c22-15(18-16-19-17-9-25-16)12-8-10-7-11(21(23)24)4-5-13(10)20-6-2-1-3-14(12)20/h4-5,7,9,12,14H,1-3,6,8H2,(H,18,19,22). The second kappa shape index (κ2) is 6.40. The summed E-state index contributed by atoms with van der Waals surface area (Å²) in [5.41, 5.74) is 3.53. The highest BCUT2D eigenvalue weighted by Gasteiger charge is 2.40. The highest BCUT2D eigenvalue weighted by Crippen LogP contribution is 2.40. The highest BCUT2D eigenvalue weighted by atomic mass is 32.1. The Morgan fingerprint density at radius 1 is 1.40 bits per heavy atom. The second-order valence-electron chi connectivity index (χ2n) is 6.37. The number of hydrogen-bond acceptors (Lipinski definition) is 7. The van der Waals surface area contributed by atoms with Crippen molar-refractivity contribution in [1.82, 2.24) is 10.2 Å². The third kappa shape index (κ3) is 2.95. The van der Waals surface area contributed by atoms with Crippen molar-refractivity contribution >= 4 is 33.8 Å². The van der Waals surface area contributed by atoms with Gasteiger partial charge >= 0.3 is 0 Å². The van der Waals surface area contributed by atoms with Gasteiger partial charge in [-0.05, 0) is 37.3 Å². The number of benzene rings is 1. The molecule has 1 fully saturated rings. The van der Waals surface area contributed by atoms with Crippen molar-refractivity contribution < 1.29 is 9.72 Å². The zero-order valence-electron chi connectivity index (χ0n) is 13.4. The number of nitrogens with one attached hydrogen (secondary N) is 1. The molecule has 0 spiro atoms. The molecule has 0 saturated carbocycles. The fourth-order valence-corrected chi connectivity index (χ4v) is 4.32. The minimum Gasteiger partial charge on any atom is -0.368 e. The van der Waals surface area contributed by atoms with Gasteiger partial charge in [0.25, 0.3) is 5.69 Å². The predicted octanol–water partition coefficient (Wildman–Crippen LogP) is 2.62. The summed E-state index contributed by atoms with van der Waals surface area (Å²) in [7, 11) is 0. The lowest BCUT2D eigenvalue weighted by Crippen LogP contribution is -2.51. The van der Waals surface area contributed by atoms with Gasteiger partial charge in [0, 0.05) is 30.4 Å². The maximum Gasteiger partial charge on any atom is 0.269 e. The van der Waals surface area contributed by atoms with Gasteiger partial charge in [0.15, 0.2) is 0 Å². The van der Waals surface area contributed by atoms with E-state index in [0.29, 0.717) is 11.6 Å². The van der Waals surface area contributed by atoms with Gasteiger partial charge in [0.2, 0.25) is 11.0 Å². The molecular weight excluding hydrogens is 342 g/mol. The number of anilines is 2. The second-order valence-corrected chi connectivity index (χ2v) is 7.20. The van der Waals surface area contributed by atoms with Crippen LogP contribution in [0.1, 0.15) is 24.8 Å². The number of aromatic nitrogens is 2. The largest absolute Gasteiger partial charge is 0.368 e. The van der Waals surface area contributed by atoms with E-state index < -0.39 is 0 Å². The molecule has 9 heteroatoms. The van der Waals surface area contributed by atoms with E-state index in [-0.39, 0.29) is 28.5 Å². The molecule has 2 aliphatic heterocycles. The van der Waals surface area contributed by atoms with Crippen molar-refractivity contribution in [1.29, 1.82) is 0 Å². The topological polar surface area (TPSA) is 101 Å². The number of amides is 1. The maximum atomic E-state index is 12.8. The Bertz CT molecular complexity index is 810. The van der Waals surface area contributed by atoms with Gasteiger partial charge in [-0.2, -0.15) is 0 Å². The van der Waals surface area contributed by atoms with E-state index in [9.17, 15) is 14.9 Å². The van der Waals surface area contributed by atoms with Crippen LogP contribution < -0.4 is 10.2 Å². The Balaban J connectivity index is 1.67. The van der Waals surface area contributed by atoms with Gasteiger partial charge in [-0.25, -0.2) is 0 Å². The predicted molar refractivity (Wildman–Crippen MR) is 93.8 cm³/mol. The number of nitro benzene ring substituents is 1. The molecule has 1 amide bonds. The molecule has 130 valence electrons. The Labute approximate surface area is 148 Å². The van der Waals surface area contributed by atoms with Crippen LogP contribution in [0.15, 0.2) is 23.7 Å². The molecule has 3 heterocycles. The molecule has 0 bridgehead atoms. The van der Waals surface area contributed by atoms with Crippen LogP contribution >= 0.6 is 11.3 Å². The SMILES string of the molecule is O=C(Nc1nncs1)C1Cc2cc([N+](=O)[O-])ccc2N2CCCCC12. The van der Waals surface area contributed by atoms with Gasteiger partial charge in [-0.15, -0.1) is 10.2 Å². The number of carbonyl (C=O) groups is 1. The smallest absolute Gasteiger partial charge is 0.269 e. The van der Waals surface area contributed by atoms with E-state index >= 15 is 0 Å². The molecule has 1 saturated heterocycles. The summed E-state index contributed by atoms with van der Waals surface area (Å²) in [5.74, 6) is -0.343. The van der Waals surface area contributed by atoms with E-state index in [2.05, 4.69) is 20.4 Å². The van der Waals surface area contributed by atoms with Crippen molar-refractivity contribution in [2.75, 3.05) is 16.8 Å². The van der Waals surface area contributed by atoms with Crippen molar-refractivity contribution in [3.8, 4) is 0 Å². The van der Waals surface area contributed by atoms with Crippen LogP contribution in [0.2, 0.25) is 0 Å². The Morgan fingerprint density at radius 3 is 3.04 bits per heavy atom. The first-order valence-corrected chi connectivity index (χ1v) is 9.12. The number of piperidine rings is 1. The molecule has 2 aromatic rings. The first-order chi connectivity index (χ1) is 12.1. The van der Waals surface area contributed by atoms with E-state index in [4.69, 9.17) is 0 Å². The molecular formula is C16H17N5O3S. The Morgan fingerprint density at radius 2 is 2.28 bits per heavy atom. The van der Waals surface area contributed by atoms with E-state index in [1.54, 1.807) is 17.6 Å². The summed E-state index contributed by atoms with van der Waals surface area (Å²) in [4.78, 5) is 25.8. The summed E-state index contributed by atoms with van der Waals surface area (Å²) in [6, 6.07) is 5.10. The summed E-state index contributed by atoms with van der Waals surface area (Å²) in [5, 5.41) is 22.0. The average Bonchev–Trinajstić information content (AvgIpc) is 3.13. The van der Waals surface area contributed by atoms with Crippen LogP contribution in [0.4, 0.5) is 16.5 Å². The van der Waals surface area contributed by atoms with Crippen molar-refractivity contribution in [3.63, 3.8) is 0 Å². The third-order valence-corrected chi connectivity index (χ3v) is 5.57. The molecule has 1 aromatic heterocycles. The number of non-ortho nitro benzene ring substituents is 1. The molecule has 2 atom stereocenters. The summed E-state index contributed by atoms with van der Waals surface area (Å²) in [6.07, 6.45) is 3.61. The Kier molecular flexibility index (Phi) is 4.08. The van der Waals surface area contributed by atoms with E-state index in [1.807, 2.05) is 6.07 Å². The first-order valence-electron chi connectivity index (χ1n) is 8.24. The zero-order chi connectivity index (χ0) is 17.4. The summed E-state index contributed by atoms with van der Waals surface area (Å²) < 4.78 is 0. The molecule has 2 unspecified atom stereocenters. The fourth-order valence-electron chi connectivity index (χ4n) is 3.87. The molecule has 1 aromatic carbocycles.